The number of aryl methyl sites for hydroxylation is 1. The number of alkyl halides is 2. The molecule has 0 unspecified atom stereocenters. The summed E-state index contributed by atoms with van der Waals surface area (Å²) < 4.78 is 26.8. The molecule has 0 amide bonds. The maximum atomic E-state index is 13.4. The highest BCUT2D eigenvalue weighted by Crippen LogP contribution is 2.27. The van der Waals surface area contributed by atoms with Crippen LogP contribution in [-0.4, -0.2) is 5.92 Å². The zero-order valence-corrected chi connectivity index (χ0v) is 11.3. The van der Waals surface area contributed by atoms with Crippen molar-refractivity contribution in [2.24, 2.45) is 0 Å². The molecule has 0 bridgehead atoms. The molecule has 0 saturated carbocycles. The monoisotopic (exact) mass is 262 g/mol. The number of fused-ring (bicyclic) bond motifs is 1. The molecule has 0 spiro atoms. The Hall–Kier alpha value is -1.44. The standard InChI is InChI=1S/C17H20F2/c1-2-11-17(18,19)12-5-6-14-9-10-15-7-3-4-8-16(15)13-14/h3-4,7-10,13H,2,5-6,11-12H2,1H3. The van der Waals surface area contributed by atoms with Crippen LogP contribution in [0.25, 0.3) is 10.8 Å². The summed E-state index contributed by atoms with van der Waals surface area (Å²) in [5, 5.41) is 2.38. The molecule has 2 rings (SSSR count). The maximum Gasteiger partial charge on any atom is 0.248 e. The molecule has 2 aromatic carbocycles. The highest BCUT2D eigenvalue weighted by atomic mass is 19.3. The fourth-order valence-corrected chi connectivity index (χ4v) is 2.44. The van der Waals surface area contributed by atoms with E-state index in [1.807, 2.05) is 18.2 Å². The Kier molecular flexibility index (Phi) is 4.52. The van der Waals surface area contributed by atoms with Crippen LogP contribution >= 0.6 is 0 Å². The van der Waals surface area contributed by atoms with Crippen molar-refractivity contribution in [1.29, 1.82) is 0 Å². The predicted octanol–water partition coefficient (Wildman–Crippen LogP) is 5.60. The highest BCUT2D eigenvalue weighted by Gasteiger charge is 2.26. The Bertz CT molecular complexity index is 532. The van der Waals surface area contributed by atoms with Gasteiger partial charge in [0.25, 0.3) is 0 Å². The van der Waals surface area contributed by atoms with Crippen molar-refractivity contribution in [3.05, 3.63) is 48.0 Å². The molecule has 0 aliphatic carbocycles. The molecule has 0 N–H and O–H groups in total. The maximum absolute atomic E-state index is 13.4. The van der Waals surface area contributed by atoms with Crippen molar-refractivity contribution in [3.63, 3.8) is 0 Å². The van der Waals surface area contributed by atoms with Crippen LogP contribution in [0.3, 0.4) is 0 Å². The summed E-state index contributed by atoms with van der Waals surface area (Å²) in [6.07, 6.45) is 1.82. The Morgan fingerprint density at radius 1 is 0.947 bits per heavy atom. The lowest BCUT2D eigenvalue weighted by Crippen LogP contribution is -2.15. The van der Waals surface area contributed by atoms with Crippen LogP contribution in [-0.2, 0) is 6.42 Å². The zero-order chi connectivity index (χ0) is 13.7. The lowest BCUT2D eigenvalue weighted by Gasteiger charge is -2.14. The summed E-state index contributed by atoms with van der Waals surface area (Å²) in [6.45, 7) is 1.80. The van der Waals surface area contributed by atoms with Gasteiger partial charge < -0.3 is 0 Å². The Morgan fingerprint density at radius 2 is 1.68 bits per heavy atom. The van der Waals surface area contributed by atoms with Gasteiger partial charge >= 0.3 is 0 Å². The molecule has 0 heterocycles. The number of hydrogen-bond acceptors (Lipinski definition) is 0. The van der Waals surface area contributed by atoms with Crippen molar-refractivity contribution in [2.75, 3.05) is 0 Å². The third-order valence-electron chi connectivity index (χ3n) is 3.44. The predicted molar refractivity (Wildman–Crippen MR) is 76.7 cm³/mol. The molecule has 0 aliphatic heterocycles. The van der Waals surface area contributed by atoms with Crippen LogP contribution in [0.4, 0.5) is 8.78 Å². The molecule has 2 heteroatoms. The first kappa shape index (κ1) is 14.0. The Labute approximate surface area is 113 Å². The summed E-state index contributed by atoms with van der Waals surface area (Å²) in [6, 6.07) is 14.3. The Morgan fingerprint density at radius 3 is 2.42 bits per heavy atom. The van der Waals surface area contributed by atoms with Crippen LogP contribution < -0.4 is 0 Å². The fraction of sp³-hybridized carbons (Fsp3) is 0.412. The van der Waals surface area contributed by atoms with E-state index in [4.69, 9.17) is 0 Å². The van der Waals surface area contributed by atoms with Gasteiger partial charge in [-0.25, -0.2) is 8.78 Å². The molecule has 2 aromatic rings. The molecule has 0 aromatic heterocycles. The minimum atomic E-state index is -2.49. The van der Waals surface area contributed by atoms with E-state index in [1.165, 1.54) is 10.8 Å². The van der Waals surface area contributed by atoms with Crippen molar-refractivity contribution in [2.45, 2.75) is 45.0 Å². The van der Waals surface area contributed by atoms with Gasteiger partial charge in [-0.3, -0.25) is 0 Å². The largest absolute Gasteiger partial charge is 0.248 e. The lowest BCUT2D eigenvalue weighted by molar-refractivity contribution is -0.0183. The smallest absolute Gasteiger partial charge is 0.207 e. The third-order valence-corrected chi connectivity index (χ3v) is 3.44. The first-order chi connectivity index (χ1) is 9.11. The van der Waals surface area contributed by atoms with Gasteiger partial charge in [0.1, 0.15) is 0 Å². The van der Waals surface area contributed by atoms with Gasteiger partial charge in [-0.05, 0) is 29.2 Å². The van der Waals surface area contributed by atoms with Gasteiger partial charge in [-0.15, -0.1) is 0 Å². The van der Waals surface area contributed by atoms with E-state index in [0.29, 0.717) is 12.8 Å². The van der Waals surface area contributed by atoms with Gasteiger partial charge in [0.05, 0.1) is 0 Å². The van der Waals surface area contributed by atoms with Crippen LogP contribution in [0.5, 0.6) is 0 Å². The van der Waals surface area contributed by atoms with E-state index in [0.717, 1.165) is 12.0 Å². The van der Waals surface area contributed by atoms with E-state index >= 15 is 0 Å². The van der Waals surface area contributed by atoms with E-state index in [-0.39, 0.29) is 12.8 Å². The number of rotatable bonds is 6. The molecule has 102 valence electrons. The van der Waals surface area contributed by atoms with Crippen LogP contribution in [0.1, 0.15) is 38.2 Å². The van der Waals surface area contributed by atoms with Crippen molar-refractivity contribution in [1.82, 2.24) is 0 Å². The number of benzene rings is 2. The molecule has 0 fully saturated rings. The van der Waals surface area contributed by atoms with Crippen LogP contribution in [0, 0.1) is 0 Å². The van der Waals surface area contributed by atoms with Crippen molar-refractivity contribution in [3.8, 4) is 0 Å². The second-order valence-corrected chi connectivity index (χ2v) is 5.14. The molecule has 0 saturated heterocycles. The molecule has 19 heavy (non-hydrogen) atoms. The van der Waals surface area contributed by atoms with Crippen LogP contribution in [0.2, 0.25) is 0 Å². The Balaban J connectivity index is 1.95. The molecular weight excluding hydrogens is 242 g/mol. The molecule has 0 radical (unpaired) electrons. The quantitative estimate of drug-likeness (QED) is 0.635. The second kappa shape index (κ2) is 6.14. The normalized spacial score (nSPS) is 11.9. The van der Waals surface area contributed by atoms with E-state index in [2.05, 4.69) is 24.3 Å². The number of halogens is 2. The van der Waals surface area contributed by atoms with Gasteiger partial charge in [0.2, 0.25) is 5.92 Å². The van der Waals surface area contributed by atoms with Gasteiger partial charge in [0.15, 0.2) is 0 Å². The van der Waals surface area contributed by atoms with E-state index < -0.39 is 5.92 Å². The summed E-state index contributed by atoms with van der Waals surface area (Å²) in [4.78, 5) is 0. The minimum Gasteiger partial charge on any atom is -0.207 e. The number of hydrogen-bond donors (Lipinski definition) is 0. The van der Waals surface area contributed by atoms with E-state index in [1.54, 1.807) is 6.92 Å². The van der Waals surface area contributed by atoms with Crippen LogP contribution in [0.15, 0.2) is 42.5 Å². The summed E-state index contributed by atoms with van der Waals surface area (Å²) in [5.74, 6) is -2.49. The van der Waals surface area contributed by atoms with Crippen molar-refractivity contribution < 1.29 is 8.78 Å². The summed E-state index contributed by atoms with van der Waals surface area (Å²) in [5.41, 5.74) is 1.14. The van der Waals surface area contributed by atoms with Gasteiger partial charge in [-0.1, -0.05) is 55.8 Å². The average molecular weight is 262 g/mol. The zero-order valence-electron chi connectivity index (χ0n) is 11.3. The van der Waals surface area contributed by atoms with Gasteiger partial charge in [-0.2, -0.15) is 0 Å². The summed E-state index contributed by atoms with van der Waals surface area (Å²) >= 11 is 0. The molecule has 0 atom stereocenters. The first-order valence-electron chi connectivity index (χ1n) is 6.96. The van der Waals surface area contributed by atoms with Crippen molar-refractivity contribution >= 4 is 10.8 Å². The third kappa shape index (κ3) is 4.02. The fourth-order valence-electron chi connectivity index (χ4n) is 2.44. The minimum absolute atomic E-state index is 0.00468. The van der Waals surface area contributed by atoms with E-state index in [9.17, 15) is 8.78 Å². The summed E-state index contributed by atoms with van der Waals surface area (Å²) in [7, 11) is 0. The molecular formula is C17H20F2. The average Bonchev–Trinajstić information content (AvgIpc) is 2.38. The molecule has 0 aliphatic rings. The van der Waals surface area contributed by atoms with Gasteiger partial charge in [0, 0.05) is 12.8 Å². The lowest BCUT2D eigenvalue weighted by atomic mass is 10.0. The highest BCUT2D eigenvalue weighted by molar-refractivity contribution is 5.82. The molecule has 0 nitrogen and oxygen atoms in total. The first-order valence-corrected chi connectivity index (χ1v) is 6.96. The topological polar surface area (TPSA) is 0 Å². The second-order valence-electron chi connectivity index (χ2n) is 5.14. The SMILES string of the molecule is CCCC(F)(F)CCCc1ccc2ccccc2c1.